The fourth-order valence-electron chi connectivity index (χ4n) is 3.13. The van der Waals surface area contributed by atoms with Crippen LogP contribution in [0.2, 0.25) is 0 Å². The topological polar surface area (TPSA) is 46.3 Å². The molecule has 3 nitrogen and oxygen atoms in total. The van der Waals surface area contributed by atoms with Crippen LogP contribution in [0.1, 0.15) is 24.2 Å². The van der Waals surface area contributed by atoms with E-state index < -0.39 is 16.9 Å². The van der Waals surface area contributed by atoms with Gasteiger partial charge in [-0.3, -0.25) is 4.79 Å². The summed E-state index contributed by atoms with van der Waals surface area (Å²) in [6.45, 7) is 3.83. The van der Waals surface area contributed by atoms with Crippen LogP contribution in [-0.4, -0.2) is 30.4 Å². The molecule has 2 atom stereocenters. The van der Waals surface area contributed by atoms with Crippen LogP contribution in [0.25, 0.3) is 0 Å². The van der Waals surface area contributed by atoms with E-state index in [9.17, 15) is 13.6 Å². The molecule has 0 aromatic heterocycles. The molecule has 1 amide bonds. The highest BCUT2D eigenvalue weighted by Gasteiger charge is 2.38. The highest BCUT2D eigenvalue weighted by molar-refractivity contribution is 8.00. The van der Waals surface area contributed by atoms with E-state index in [-0.39, 0.29) is 16.2 Å². The summed E-state index contributed by atoms with van der Waals surface area (Å²) in [7, 11) is 0. The molecule has 6 heteroatoms. The van der Waals surface area contributed by atoms with Crippen LogP contribution in [0.15, 0.2) is 53.4 Å². The number of carbonyl (C=O) groups excluding carboxylic acids is 1. The van der Waals surface area contributed by atoms with E-state index in [1.54, 1.807) is 4.90 Å². The van der Waals surface area contributed by atoms with Gasteiger partial charge in [0.15, 0.2) is 0 Å². The van der Waals surface area contributed by atoms with Gasteiger partial charge < -0.3 is 10.6 Å². The van der Waals surface area contributed by atoms with Crippen molar-refractivity contribution in [2.45, 2.75) is 23.5 Å². The minimum atomic E-state index is -0.656. The van der Waals surface area contributed by atoms with Crippen molar-refractivity contribution in [3.63, 3.8) is 0 Å². The lowest BCUT2D eigenvalue weighted by atomic mass is 9.90. The molecule has 0 aliphatic carbocycles. The normalized spacial score (nSPS) is 21.0. The highest BCUT2D eigenvalue weighted by atomic mass is 32.2. The van der Waals surface area contributed by atoms with Crippen molar-refractivity contribution >= 4 is 17.7 Å². The number of carbonyl (C=O) groups is 1. The molecule has 26 heavy (non-hydrogen) atoms. The van der Waals surface area contributed by atoms with E-state index in [1.807, 2.05) is 30.3 Å². The number of hydrogen-bond acceptors (Lipinski definition) is 3. The average Bonchev–Trinajstić information content (AvgIpc) is 3.04. The van der Waals surface area contributed by atoms with E-state index in [4.69, 9.17) is 5.73 Å². The lowest BCUT2D eigenvalue weighted by Gasteiger charge is -2.26. The standard InChI is InChI=1S/C20H22F2N2OS/c1-20(12-23)9-10-24(13-20)19(25)18(14-5-3-2-4-6-14)26-17-8-7-15(21)11-16(17)22/h2-8,11,18H,9-10,12-13,23H2,1H3. The molecule has 2 aromatic rings. The highest BCUT2D eigenvalue weighted by Crippen LogP contribution is 2.40. The fourth-order valence-corrected chi connectivity index (χ4v) is 4.25. The van der Waals surface area contributed by atoms with E-state index in [1.165, 1.54) is 12.1 Å². The Morgan fingerprint density at radius 2 is 2.00 bits per heavy atom. The summed E-state index contributed by atoms with van der Waals surface area (Å²) in [4.78, 5) is 15.3. The maximum Gasteiger partial charge on any atom is 0.240 e. The first-order chi connectivity index (χ1) is 12.4. The predicted molar refractivity (Wildman–Crippen MR) is 99.8 cm³/mol. The van der Waals surface area contributed by atoms with Crippen molar-refractivity contribution in [2.75, 3.05) is 19.6 Å². The molecule has 1 aliphatic rings. The molecule has 0 bridgehead atoms. The number of rotatable bonds is 5. The molecule has 1 saturated heterocycles. The summed E-state index contributed by atoms with van der Waals surface area (Å²) in [5, 5.41) is -0.587. The third kappa shape index (κ3) is 4.07. The molecule has 0 radical (unpaired) electrons. The van der Waals surface area contributed by atoms with Crippen molar-refractivity contribution in [1.29, 1.82) is 0 Å². The lowest BCUT2D eigenvalue weighted by Crippen LogP contribution is -2.36. The van der Waals surface area contributed by atoms with E-state index in [0.29, 0.717) is 19.6 Å². The Bertz CT molecular complexity index is 787. The summed E-state index contributed by atoms with van der Waals surface area (Å²) in [6, 6.07) is 12.7. The number of hydrogen-bond donors (Lipinski definition) is 1. The molecular formula is C20H22F2N2OS. The van der Waals surface area contributed by atoms with Crippen molar-refractivity contribution in [1.82, 2.24) is 4.90 Å². The average molecular weight is 376 g/mol. The smallest absolute Gasteiger partial charge is 0.240 e. The Hall–Kier alpha value is -1.92. The Morgan fingerprint density at radius 1 is 1.27 bits per heavy atom. The molecule has 1 heterocycles. The third-order valence-electron chi connectivity index (χ3n) is 4.83. The number of halogens is 2. The van der Waals surface area contributed by atoms with Gasteiger partial charge in [0.05, 0.1) is 0 Å². The van der Waals surface area contributed by atoms with Gasteiger partial charge in [-0.1, -0.05) is 37.3 Å². The first-order valence-electron chi connectivity index (χ1n) is 8.57. The maximum absolute atomic E-state index is 14.1. The largest absolute Gasteiger partial charge is 0.341 e. The third-order valence-corrected chi connectivity index (χ3v) is 6.12. The molecular weight excluding hydrogens is 354 g/mol. The monoisotopic (exact) mass is 376 g/mol. The summed E-state index contributed by atoms with van der Waals surface area (Å²) in [6.07, 6.45) is 0.853. The van der Waals surface area contributed by atoms with Crippen molar-refractivity contribution in [3.05, 3.63) is 65.7 Å². The van der Waals surface area contributed by atoms with Crippen LogP contribution in [-0.2, 0) is 4.79 Å². The molecule has 0 saturated carbocycles. The second-order valence-corrected chi connectivity index (χ2v) is 8.15. The number of amides is 1. The number of nitrogens with two attached hydrogens (primary N) is 1. The molecule has 3 rings (SSSR count). The number of thioether (sulfide) groups is 1. The molecule has 2 N–H and O–H groups in total. The second-order valence-electron chi connectivity index (χ2n) is 7.01. The van der Waals surface area contributed by atoms with Gasteiger partial charge in [-0.05, 0) is 36.1 Å². The summed E-state index contributed by atoms with van der Waals surface area (Å²) in [5.41, 5.74) is 6.56. The van der Waals surface area contributed by atoms with Crippen molar-refractivity contribution in [2.24, 2.45) is 11.1 Å². The first kappa shape index (κ1) is 18.9. The van der Waals surface area contributed by atoms with Gasteiger partial charge in [0.1, 0.15) is 16.9 Å². The molecule has 138 valence electrons. The van der Waals surface area contributed by atoms with Crippen LogP contribution in [0.3, 0.4) is 0 Å². The van der Waals surface area contributed by atoms with Crippen LogP contribution in [0.4, 0.5) is 8.78 Å². The molecule has 2 unspecified atom stereocenters. The van der Waals surface area contributed by atoms with Gasteiger partial charge in [0.2, 0.25) is 5.91 Å². The molecule has 2 aromatic carbocycles. The quantitative estimate of drug-likeness (QED) is 0.803. The zero-order chi connectivity index (χ0) is 18.7. The van der Waals surface area contributed by atoms with E-state index in [2.05, 4.69) is 6.92 Å². The Morgan fingerprint density at radius 3 is 2.62 bits per heavy atom. The molecule has 1 aliphatic heterocycles. The van der Waals surface area contributed by atoms with E-state index >= 15 is 0 Å². The number of nitrogens with zero attached hydrogens (tertiary/aromatic N) is 1. The first-order valence-corrected chi connectivity index (χ1v) is 9.45. The van der Waals surface area contributed by atoms with Crippen molar-refractivity contribution < 1.29 is 13.6 Å². The summed E-state index contributed by atoms with van der Waals surface area (Å²) in [5.74, 6) is -1.35. The van der Waals surface area contributed by atoms with Gasteiger partial charge in [0.25, 0.3) is 0 Å². The zero-order valence-electron chi connectivity index (χ0n) is 14.6. The summed E-state index contributed by atoms with van der Waals surface area (Å²) < 4.78 is 27.3. The van der Waals surface area contributed by atoms with Crippen LogP contribution < -0.4 is 5.73 Å². The Balaban J connectivity index is 1.88. The number of likely N-dealkylation sites (tertiary alicyclic amines) is 1. The molecule has 1 fully saturated rings. The van der Waals surface area contributed by atoms with Crippen molar-refractivity contribution in [3.8, 4) is 0 Å². The Kier molecular flexibility index (Phi) is 5.63. The van der Waals surface area contributed by atoms with Gasteiger partial charge in [-0.15, -0.1) is 11.8 Å². The summed E-state index contributed by atoms with van der Waals surface area (Å²) >= 11 is 1.12. The van der Waals surface area contributed by atoms with Gasteiger partial charge in [0, 0.05) is 24.1 Å². The lowest BCUT2D eigenvalue weighted by molar-refractivity contribution is -0.130. The predicted octanol–water partition coefficient (Wildman–Crippen LogP) is 4.00. The molecule has 0 spiro atoms. The van der Waals surface area contributed by atoms with Crippen LogP contribution >= 0.6 is 11.8 Å². The Labute approximate surface area is 156 Å². The van der Waals surface area contributed by atoms with E-state index in [0.717, 1.165) is 29.8 Å². The van der Waals surface area contributed by atoms with Gasteiger partial charge >= 0.3 is 0 Å². The van der Waals surface area contributed by atoms with Gasteiger partial charge in [-0.25, -0.2) is 8.78 Å². The fraction of sp³-hybridized carbons (Fsp3) is 0.350. The minimum absolute atomic E-state index is 0.0675. The second kappa shape index (κ2) is 7.76. The zero-order valence-corrected chi connectivity index (χ0v) is 15.4. The van der Waals surface area contributed by atoms with Gasteiger partial charge in [-0.2, -0.15) is 0 Å². The SMILES string of the molecule is CC1(CN)CCN(C(=O)C(Sc2ccc(F)cc2F)c2ccccc2)C1. The minimum Gasteiger partial charge on any atom is -0.341 e. The number of benzene rings is 2. The van der Waals surface area contributed by atoms with Crippen LogP contribution in [0, 0.1) is 17.0 Å². The van der Waals surface area contributed by atoms with Crippen LogP contribution in [0.5, 0.6) is 0 Å². The maximum atomic E-state index is 14.1.